The Kier molecular flexibility index (Phi) is 4.81. The highest BCUT2D eigenvalue weighted by Gasteiger charge is 2.30. The number of rotatable bonds is 4. The summed E-state index contributed by atoms with van der Waals surface area (Å²) in [5, 5.41) is 11.0. The third-order valence-electron chi connectivity index (χ3n) is 4.44. The van der Waals surface area contributed by atoms with Crippen LogP contribution in [0.25, 0.3) is 0 Å². The van der Waals surface area contributed by atoms with Gasteiger partial charge in [0.05, 0.1) is 18.2 Å². The topological polar surface area (TPSA) is 60.2 Å². The average molecular weight is 340 g/mol. The van der Waals surface area contributed by atoms with Gasteiger partial charge >= 0.3 is 0 Å². The van der Waals surface area contributed by atoms with Gasteiger partial charge in [-0.05, 0) is 42.0 Å². The summed E-state index contributed by atoms with van der Waals surface area (Å²) in [4.78, 5) is 22.3. The number of pyridine rings is 1. The van der Waals surface area contributed by atoms with Crippen LogP contribution in [0, 0.1) is 11.3 Å². The van der Waals surface area contributed by atoms with Crippen LogP contribution < -0.4 is 4.90 Å². The highest BCUT2D eigenvalue weighted by Crippen LogP contribution is 2.35. The van der Waals surface area contributed by atoms with Crippen LogP contribution in [-0.4, -0.2) is 35.9 Å². The number of aromatic nitrogens is 1. The number of carbonyl (C=O) groups is 1. The van der Waals surface area contributed by atoms with E-state index >= 15 is 0 Å². The monoisotopic (exact) mass is 340 g/mol. The second-order valence-electron chi connectivity index (χ2n) is 5.93. The van der Waals surface area contributed by atoms with Crippen molar-refractivity contribution in [1.82, 2.24) is 9.88 Å². The molecule has 1 aliphatic heterocycles. The SMILES string of the molecule is CCC1c2ccsc2CCN1C(=O)CN(C)c1ccc(C#N)cn1. The Morgan fingerprint density at radius 2 is 2.33 bits per heavy atom. The lowest BCUT2D eigenvalue weighted by atomic mass is 9.97. The Morgan fingerprint density at radius 1 is 1.50 bits per heavy atom. The number of carbonyl (C=O) groups excluding carboxylic acids is 1. The van der Waals surface area contributed by atoms with E-state index in [1.807, 2.05) is 16.8 Å². The van der Waals surface area contributed by atoms with Gasteiger partial charge in [-0.3, -0.25) is 4.79 Å². The van der Waals surface area contributed by atoms with Gasteiger partial charge in [0, 0.05) is 24.7 Å². The molecule has 3 rings (SSSR count). The fourth-order valence-corrected chi connectivity index (χ4v) is 4.12. The van der Waals surface area contributed by atoms with Gasteiger partial charge in [-0.2, -0.15) is 5.26 Å². The molecule has 24 heavy (non-hydrogen) atoms. The van der Waals surface area contributed by atoms with Crippen molar-refractivity contribution >= 4 is 23.1 Å². The first kappa shape index (κ1) is 16.5. The molecular weight excluding hydrogens is 320 g/mol. The van der Waals surface area contributed by atoms with Crippen LogP contribution in [0.4, 0.5) is 5.82 Å². The van der Waals surface area contributed by atoms with E-state index < -0.39 is 0 Å². The highest BCUT2D eigenvalue weighted by atomic mass is 32.1. The van der Waals surface area contributed by atoms with Crippen molar-refractivity contribution in [2.24, 2.45) is 0 Å². The number of amides is 1. The van der Waals surface area contributed by atoms with Crippen LogP contribution in [0.5, 0.6) is 0 Å². The summed E-state index contributed by atoms with van der Waals surface area (Å²) in [6, 6.07) is 7.87. The molecule has 1 aliphatic rings. The van der Waals surface area contributed by atoms with Crippen molar-refractivity contribution in [3.8, 4) is 6.07 Å². The van der Waals surface area contributed by atoms with Gasteiger partial charge in [-0.25, -0.2) is 4.98 Å². The highest BCUT2D eigenvalue weighted by molar-refractivity contribution is 7.10. The first-order valence-corrected chi connectivity index (χ1v) is 8.95. The third-order valence-corrected chi connectivity index (χ3v) is 5.44. The summed E-state index contributed by atoms with van der Waals surface area (Å²) in [5.41, 5.74) is 1.83. The summed E-state index contributed by atoms with van der Waals surface area (Å²) in [6.07, 6.45) is 3.39. The van der Waals surface area contributed by atoms with Crippen molar-refractivity contribution in [3.05, 3.63) is 45.8 Å². The number of hydrogen-bond donors (Lipinski definition) is 0. The molecule has 1 atom stereocenters. The van der Waals surface area contributed by atoms with Crippen LogP contribution in [0.15, 0.2) is 29.8 Å². The molecule has 3 heterocycles. The van der Waals surface area contributed by atoms with Gasteiger partial charge in [-0.15, -0.1) is 11.3 Å². The van der Waals surface area contributed by atoms with E-state index in [9.17, 15) is 4.79 Å². The minimum Gasteiger partial charge on any atom is -0.350 e. The van der Waals surface area contributed by atoms with Crippen LogP contribution in [0.1, 0.15) is 35.4 Å². The Bertz CT molecular complexity index is 762. The quantitative estimate of drug-likeness (QED) is 0.858. The smallest absolute Gasteiger partial charge is 0.242 e. The second kappa shape index (κ2) is 7.02. The van der Waals surface area contributed by atoms with Crippen LogP contribution in [0.2, 0.25) is 0 Å². The van der Waals surface area contributed by atoms with Crippen molar-refractivity contribution in [2.75, 3.05) is 25.0 Å². The van der Waals surface area contributed by atoms with E-state index in [2.05, 4.69) is 29.4 Å². The third kappa shape index (κ3) is 3.13. The molecule has 0 fully saturated rings. The van der Waals surface area contributed by atoms with Crippen molar-refractivity contribution in [3.63, 3.8) is 0 Å². The molecule has 0 saturated carbocycles. The molecule has 6 heteroatoms. The summed E-state index contributed by atoms with van der Waals surface area (Å²) in [5.74, 6) is 0.816. The second-order valence-corrected chi connectivity index (χ2v) is 6.93. The average Bonchev–Trinajstić information content (AvgIpc) is 3.09. The molecule has 5 nitrogen and oxygen atoms in total. The molecule has 0 N–H and O–H groups in total. The van der Waals surface area contributed by atoms with E-state index in [4.69, 9.17) is 5.26 Å². The Hall–Kier alpha value is -2.39. The van der Waals surface area contributed by atoms with Gasteiger partial charge in [0.2, 0.25) is 5.91 Å². The van der Waals surface area contributed by atoms with Gasteiger partial charge < -0.3 is 9.80 Å². The molecule has 124 valence electrons. The molecular formula is C18H20N4OS. The van der Waals surface area contributed by atoms with E-state index in [-0.39, 0.29) is 18.5 Å². The predicted molar refractivity (Wildman–Crippen MR) is 95.0 cm³/mol. The Morgan fingerprint density at radius 3 is 3.00 bits per heavy atom. The number of hydrogen-bond acceptors (Lipinski definition) is 5. The zero-order chi connectivity index (χ0) is 17.1. The van der Waals surface area contributed by atoms with Gasteiger partial charge in [0.25, 0.3) is 0 Å². The fraction of sp³-hybridized carbons (Fsp3) is 0.389. The molecule has 2 aromatic heterocycles. The molecule has 0 saturated heterocycles. The standard InChI is InChI=1S/C18H20N4OS/c1-3-15-14-7-9-24-16(14)6-8-22(15)18(23)12-21(2)17-5-4-13(10-19)11-20-17/h4-5,7,9,11,15H,3,6,8,12H2,1-2H3. The van der Waals surface area contributed by atoms with E-state index in [0.717, 1.165) is 19.4 Å². The fourth-order valence-electron chi connectivity index (χ4n) is 3.19. The number of nitriles is 1. The maximum absolute atomic E-state index is 12.8. The number of nitrogens with zero attached hydrogens (tertiary/aromatic N) is 4. The maximum Gasteiger partial charge on any atom is 0.242 e. The van der Waals surface area contributed by atoms with Crippen molar-refractivity contribution < 1.29 is 4.79 Å². The maximum atomic E-state index is 12.8. The molecule has 0 aromatic carbocycles. The summed E-state index contributed by atoms with van der Waals surface area (Å²) in [6.45, 7) is 3.19. The lowest BCUT2D eigenvalue weighted by Gasteiger charge is -2.36. The lowest BCUT2D eigenvalue weighted by molar-refractivity contribution is -0.132. The normalized spacial score (nSPS) is 16.4. The molecule has 1 unspecified atom stereocenters. The summed E-state index contributed by atoms with van der Waals surface area (Å²) in [7, 11) is 1.85. The zero-order valence-electron chi connectivity index (χ0n) is 13.9. The Labute approximate surface area is 146 Å². The lowest BCUT2D eigenvalue weighted by Crippen LogP contribution is -2.44. The molecule has 1 amide bonds. The Balaban J connectivity index is 1.71. The largest absolute Gasteiger partial charge is 0.350 e. The summed E-state index contributed by atoms with van der Waals surface area (Å²) >= 11 is 1.79. The van der Waals surface area contributed by atoms with Gasteiger partial charge in [0.15, 0.2) is 0 Å². The van der Waals surface area contributed by atoms with Crippen molar-refractivity contribution in [1.29, 1.82) is 5.26 Å². The van der Waals surface area contributed by atoms with E-state index in [1.165, 1.54) is 16.6 Å². The minimum atomic E-state index is 0.118. The van der Waals surface area contributed by atoms with Crippen LogP contribution in [-0.2, 0) is 11.2 Å². The number of likely N-dealkylation sites (N-methyl/N-ethyl adjacent to an activating group) is 1. The van der Waals surface area contributed by atoms with Crippen molar-refractivity contribution in [2.45, 2.75) is 25.8 Å². The molecule has 2 aromatic rings. The van der Waals surface area contributed by atoms with Crippen LogP contribution in [0.3, 0.4) is 0 Å². The zero-order valence-corrected chi connectivity index (χ0v) is 14.7. The molecule has 0 aliphatic carbocycles. The minimum absolute atomic E-state index is 0.118. The number of anilines is 1. The van der Waals surface area contributed by atoms with Gasteiger partial charge in [-0.1, -0.05) is 6.92 Å². The first-order chi connectivity index (χ1) is 11.6. The summed E-state index contributed by atoms with van der Waals surface area (Å²) < 4.78 is 0. The molecule has 0 radical (unpaired) electrons. The van der Waals surface area contributed by atoms with Crippen LogP contribution >= 0.6 is 11.3 Å². The van der Waals surface area contributed by atoms with E-state index in [0.29, 0.717) is 11.4 Å². The molecule has 0 spiro atoms. The predicted octanol–water partition coefficient (Wildman–Crippen LogP) is 2.99. The van der Waals surface area contributed by atoms with Gasteiger partial charge in [0.1, 0.15) is 11.9 Å². The van der Waals surface area contributed by atoms with E-state index in [1.54, 1.807) is 23.5 Å². The first-order valence-electron chi connectivity index (χ1n) is 8.07. The number of fused-ring (bicyclic) bond motifs is 1. The number of thiophene rings is 1. The molecule has 0 bridgehead atoms.